The van der Waals surface area contributed by atoms with E-state index in [-0.39, 0.29) is 0 Å². The van der Waals surface area contributed by atoms with E-state index in [0.717, 1.165) is 27.3 Å². The highest BCUT2D eigenvalue weighted by atomic mass is 19.1. The van der Waals surface area contributed by atoms with Crippen LogP contribution < -0.4 is 0 Å². The van der Waals surface area contributed by atoms with Crippen molar-refractivity contribution in [1.82, 2.24) is 0 Å². The van der Waals surface area contributed by atoms with E-state index in [9.17, 15) is 0 Å². The summed E-state index contributed by atoms with van der Waals surface area (Å²) in [6.45, 7) is 0. The van der Waals surface area contributed by atoms with Crippen molar-refractivity contribution in [2.75, 3.05) is 0 Å². The Bertz CT molecular complexity index is 1710. The molecule has 0 radical (unpaired) electrons. The number of halogens is 1. The molecule has 6 aromatic carbocycles. The Hall–Kier alpha value is -3.71. The maximum absolute atomic E-state index is 15.3. The summed E-state index contributed by atoms with van der Waals surface area (Å²) < 4.78 is 15.3. The minimum atomic E-state index is -0.976. The van der Waals surface area contributed by atoms with E-state index in [1.54, 1.807) is 0 Å². The average molecular weight is 398 g/mol. The molecule has 0 heterocycles. The van der Waals surface area contributed by atoms with E-state index >= 15 is 4.39 Å². The molecule has 1 aliphatic rings. The maximum Gasteiger partial charge on any atom is 0.130 e. The molecule has 0 amide bonds. The van der Waals surface area contributed by atoms with Crippen molar-refractivity contribution in [3.05, 3.63) is 102 Å². The Morgan fingerprint density at radius 2 is 1.10 bits per heavy atom. The lowest BCUT2D eigenvalue weighted by molar-refractivity contribution is 0.347. The molecule has 31 heavy (non-hydrogen) atoms. The molecule has 0 spiro atoms. The number of hydrogen-bond acceptors (Lipinski definition) is 0. The Morgan fingerprint density at radius 3 is 1.84 bits per heavy atom. The molecular formula is C30H19F. The van der Waals surface area contributed by atoms with Crippen LogP contribution in [0.25, 0.3) is 59.9 Å². The van der Waals surface area contributed by atoms with Gasteiger partial charge in [-0.3, -0.25) is 0 Å². The van der Waals surface area contributed by atoms with Gasteiger partial charge in [-0.1, -0.05) is 97.1 Å². The van der Waals surface area contributed by atoms with Gasteiger partial charge in [-0.2, -0.15) is 0 Å². The molecule has 1 aliphatic carbocycles. The van der Waals surface area contributed by atoms with Crippen LogP contribution in [-0.2, 0) is 0 Å². The number of fused-ring (bicyclic) bond motifs is 11. The van der Waals surface area contributed by atoms with Crippen molar-refractivity contribution < 1.29 is 4.39 Å². The summed E-state index contributed by atoms with van der Waals surface area (Å²) >= 11 is 0. The zero-order valence-electron chi connectivity index (χ0n) is 16.9. The standard InChI is InChI=1S/C30H19F/c31-25-7-3-5-19-10-12-22-15-17-23-16-14-21-13-11-20-9-8-18-4-1-2-6-24(18)26(20)28(21)30(23)29(22)27(19)25/h1-6,8-17,25H,7H2. The predicted molar refractivity (Wildman–Crippen MR) is 131 cm³/mol. The van der Waals surface area contributed by atoms with Crippen molar-refractivity contribution in [2.45, 2.75) is 12.6 Å². The van der Waals surface area contributed by atoms with E-state index in [4.69, 9.17) is 0 Å². The van der Waals surface area contributed by atoms with Crippen LogP contribution in [0.3, 0.4) is 0 Å². The molecule has 6 aromatic rings. The van der Waals surface area contributed by atoms with Crippen LogP contribution in [0.2, 0.25) is 0 Å². The summed E-state index contributed by atoms with van der Waals surface area (Å²) in [6.07, 6.45) is 3.49. The average Bonchev–Trinajstić information content (AvgIpc) is 2.82. The van der Waals surface area contributed by atoms with Gasteiger partial charge in [0.2, 0.25) is 0 Å². The highest BCUT2D eigenvalue weighted by Crippen LogP contribution is 2.44. The molecule has 7 rings (SSSR count). The molecule has 0 fully saturated rings. The normalized spacial score (nSPS) is 16.0. The predicted octanol–water partition coefficient (Wildman–Crippen LogP) is 8.88. The van der Waals surface area contributed by atoms with Gasteiger partial charge < -0.3 is 0 Å². The number of hydrogen-bond donors (Lipinski definition) is 0. The monoisotopic (exact) mass is 398 g/mol. The third-order valence-corrected chi connectivity index (χ3v) is 6.88. The fraction of sp³-hybridized carbons (Fsp3) is 0.0667. The van der Waals surface area contributed by atoms with Crippen molar-refractivity contribution >= 4 is 59.9 Å². The molecule has 1 heteroatoms. The Kier molecular flexibility index (Phi) is 3.38. The molecular weight excluding hydrogens is 379 g/mol. The maximum atomic E-state index is 15.3. The van der Waals surface area contributed by atoms with Gasteiger partial charge >= 0.3 is 0 Å². The van der Waals surface area contributed by atoms with Gasteiger partial charge in [-0.05, 0) is 59.4 Å². The lowest BCUT2D eigenvalue weighted by atomic mass is 9.85. The quantitative estimate of drug-likeness (QED) is 0.224. The van der Waals surface area contributed by atoms with E-state index in [2.05, 4.69) is 91.0 Å². The summed E-state index contributed by atoms with van der Waals surface area (Å²) in [5, 5.41) is 11.9. The minimum Gasteiger partial charge on any atom is -0.242 e. The molecule has 0 bridgehead atoms. The second kappa shape index (κ2) is 6.15. The third kappa shape index (κ3) is 2.29. The first-order valence-electron chi connectivity index (χ1n) is 10.8. The van der Waals surface area contributed by atoms with E-state index < -0.39 is 6.17 Å². The molecule has 0 saturated carbocycles. The Labute approximate surface area is 179 Å². The summed E-state index contributed by atoms with van der Waals surface area (Å²) in [5.74, 6) is 0. The molecule has 0 nitrogen and oxygen atoms in total. The molecule has 0 aromatic heterocycles. The largest absolute Gasteiger partial charge is 0.242 e. The van der Waals surface area contributed by atoms with Crippen molar-refractivity contribution in [2.24, 2.45) is 0 Å². The molecule has 1 unspecified atom stereocenters. The lowest BCUT2D eigenvalue weighted by Gasteiger charge is -2.20. The summed E-state index contributed by atoms with van der Waals surface area (Å²) in [6, 6.07) is 30.3. The van der Waals surface area contributed by atoms with Gasteiger partial charge in [0.25, 0.3) is 0 Å². The first kappa shape index (κ1) is 17.0. The van der Waals surface area contributed by atoms with Crippen LogP contribution in [0.4, 0.5) is 4.39 Å². The van der Waals surface area contributed by atoms with Crippen LogP contribution in [-0.4, -0.2) is 0 Å². The summed E-state index contributed by atoms with van der Waals surface area (Å²) in [7, 11) is 0. The fourth-order valence-corrected chi connectivity index (χ4v) is 5.50. The van der Waals surface area contributed by atoms with Gasteiger partial charge in [0.05, 0.1) is 0 Å². The van der Waals surface area contributed by atoms with Crippen LogP contribution in [0, 0.1) is 0 Å². The number of benzene rings is 6. The molecule has 146 valence electrons. The Morgan fingerprint density at radius 1 is 0.548 bits per heavy atom. The van der Waals surface area contributed by atoms with Gasteiger partial charge in [0, 0.05) is 12.0 Å². The van der Waals surface area contributed by atoms with E-state index in [1.165, 1.54) is 37.7 Å². The molecule has 0 N–H and O–H groups in total. The van der Waals surface area contributed by atoms with Crippen molar-refractivity contribution in [1.29, 1.82) is 0 Å². The zero-order chi connectivity index (χ0) is 20.5. The highest BCUT2D eigenvalue weighted by molar-refractivity contribution is 6.32. The summed E-state index contributed by atoms with van der Waals surface area (Å²) in [5.41, 5.74) is 1.84. The molecule has 1 atom stereocenters. The minimum absolute atomic E-state index is 0.441. The number of alkyl halides is 1. The topological polar surface area (TPSA) is 0 Å². The van der Waals surface area contributed by atoms with Crippen LogP contribution >= 0.6 is 0 Å². The van der Waals surface area contributed by atoms with Gasteiger partial charge in [0.1, 0.15) is 6.17 Å². The first-order chi connectivity index (χ1) is 15.3. The third-order valence-electron chi connectivity index (χ3n) is 6.88. The van der Waals surface area contributed by atoms with Crippen molar-refractivity contribution in [3.8, 4) is 0 Å². The Balaban J connectivity index is 1.85. The zero-order valence-corrected chi connectivity index (χ0v) is 16.9. The SMILES string of the molecule is FC1CC=Cc2ccc3ccc4ccc5ccc6ccc7ccccc7c6c5c4c3c21. The number of rotatable bonds is 0. The van der Waals surface area contributed by atoms with Crippen molar-refractivity contribution in [3.63, 3.8) is 0 Å². The van der Waals surface area contributed by atoms with Gasteiger partial charge in [-0.25, -0.2) is 4.39 Å². The fourth-order valence-electron chi connectivity index (χ4n) is 5.50. The van der Waals surface area contributed by atoms with Crippen LogP contribution in [0.15, 0.2) is 91.0 Å². The van der Waals surface area contributed by atoms with Crippen LogP contribution in [0.1, 0.15) is 23.7 Å². The second-order valence-electron chi connectivity index (χ2n) is 8.55. The lowest BCUT2D eigenvalue weighted by Crippen LogP contribution is -2.00. The van der Waals surface area contributed by atoms with Gasteiger partial charge in [-0.15, -0.1) is 0 Å². The molecule has 0 saturated heterocycles. The first-order valence-corrected chi connectivity index (χ1v) is 10.8. The van der Waals surface area contributed by atoms with Crippen LogP contribution in [0.5, 0.6) is 0 Å². The van der Waals surface area contributed by atoms with Gasteiger partial charge in [0.15, 0.2) is 0 Å². The summed E-state index contributed by atoms with van der Waals surface area (Å²) in [4.78, 5) is 0. The smallest absolute Gasteiger partial charge is 0.130 e. The highest BCUT2D eigenvalue weighted by Gasteiger charge is 2.21. The number of allylic oxidation sites excluding steroid dienone is 1. The van der Waals surface area contributed by atoms with E-state index in [1.807, 2.05) is 6.08 Å². The van der Waals surface area contributed by atoms with E-state index in [0.29, 0.717) is 6.42 Å². The second-order valence-corrected chi connectivity index (χ2v) is 8.55. The molecule has 0 aliphatic heterocycles.